The smallest absolute Gasteiger partial charge is 0.190 e. The summed E-state index contributed by atoms with van der Waals surface area (Å²) in [6, 6.07) is 0. The van der Waals surface area contributed by atoms with Crippen molar-refractivity contribution in [3.63, 3.8) is 0 Å². The fourth-order valence-electron chi connectivity index (χ4n) is 2.14. The van der Waals surface area contributed by atoms with E-state index in [4.69, 9.17) is 24.1 Å². The molecule has 0 aromatic carbocycles. The molecule has 16 heavy (non-hydrogen) atoms. The summed E-state index contributed by atoms with van der Waals surface area (Å²) in [5.74, 6) is -0.747. The number of aliphatic hydroxyl groups is 2. The lowest BCUT2D eigenvalue weighted by molar-refractivity contribution is -0.229. The van der Waals surface area contributed by atoms with E-state index in [0.717, 1.165) is 0 Å². The Morgan fingerprint density at radius 1 is 1.38 bits per heavy atom. The van der Waals surface area contributed by atoms with Crippen LogP contribution in [-0.4, -0.2) is 60.4 Å². The minimum Gasteiger partial charge on any atom is -0.394 e. The average Bonchev–Trinajstić information content (AvgIpc) is 2.65. The van der Waals surface area contributed by atoms with Crippen LogP contribution in [0, 0.1) is 0 Å². The van der Waals surface area contributed by atoms with Gasteiger partial charge in [-0.1, -0.05) is 0 Å². The van der Waals surface area contributed by atoms with Crippen LogP contribution < -0.4 is 0 Å². The van der Waals surface area contributed by atoms with Crippen LogP contribution in [0.5, 0.6) is 0 Å². The fourth-order valence-corrected chi connectivity index (χ4v) is 2.14. The average molecular weight is 234 g/mol. The fraction of sp³-hybridized carbons (Fsp3) is 1.00. The highest BCUT2D eigenvalue weighted by molar-refractivity contribution is 4.95. The van der Waals surface area contributed by atoms with E-state index in [1.54, 1.807) is 13.8 Å². The highest BCUT2D eigenvalue weighted by Gasteiger charge is 2.56. The van der Waals surface area contributed by atoms with E-state index < -0.39 is 36.5 Å². The normalized spacial score (nSPS) is 43.3. The first-order valence-corrected chi connectivity index (χ1v) is 5.31. The van der Waals surface area contributed by atoms with E-state index in [1.165, 1.54) is 7.11 Å². The third-order valence-corrected chi connectivity index (χ3v) is 2.90. The highest BCUT2D eigenvalue weighted by Crippen LogP contribution is 2.38. The molecule has 0 amide bonds. The molecular weight excluding hydrogens is 216 g/mol. The zero-order chi connectivity index (χ0) is 11.9. The molecule has 2 rings (SSSR count). The molecule has 2 heterocycles. The van der Waals surface area contributed by atoms with Crippen molar-refractivity contribution in [2.24, 2.45) is 0 Å². The van der Waals surface area contributed by atoms with Gasteiger partial charge in [-0.05, 0) is 13.8 Å². The first-order valence-electron chi connectivity index (χ1n) is 5.31. The van der Waals surface area contributed by atoms with E-state index in [2.05, 4.69) is 0 Å². The van der Waals surface area contributed by atoms with E-state index >= 15 is 0 Å². The van der Waals surface area contributed by atoms with E-state index in [1.807, 2.05) is 0 Å². The molecule has 0 aromatic rings. The molecule has 0 spiro atoms. The molecule has 5 atom stereocenters. The molecule has 2 fully saturated rings. The number of ether oxygens (including phenoxy) is 4. The van der Waals surface area contributed by atoms with Gasteiger partial charge in [0.15, 0.2) is 12.1 Å². The van der Waals surface area contributed by atoms with Crippen LogP contribution in [0.3, 0.4) is 0 Å². The van der Waals surface area contributed by atoms with Crippen LogP contribution >= 0.6 is 0 Å². The van der Waals surface area contributed by atoms with Gasteiger partial charge in [-0.15, -0.1) is 0 Å². The SMILES string of the molecule is COC(CO)C1OC2OC(C)(C)OC2C1O. The molecule has 0 aromatic heterocycles. The summed E-state index contributed by atoms with van der Waals surface area (Å²) in [5.41, 5.74) is 0. The van der Waals surface area contributed by atoms with Gasteiger partial charge in [0.25, 0.3) is 0 Å². The summed E-state index contributed by atoms with van der Waals surface area (Å²) in [4.78, 5) is 0. The molecule has 2 N–H and O–H groups in total. The van der Waals surface area contributed by atoms with Gasteiger partial charge in [0.05, 0.1) is 6.61 Å². The summed E-state index contributed by atoms with van der Waals surface area (Å²) in [6.07, 6.45) is -3.18. The lowest BCUT2D eigenvalue weighted by atomic mass is 10.1. The molecule has 5 unspecified atom stereocenters. The standard InChI is InChI=1S/C10H18O6/c1-10(2)15-8-6(12)7(5(4-11)13-3)14-9(8)16-10/h5-9,11-12H,4H2,1-3H3. The van der Waals surface area contributed by atoms with Crippen molar-refractivity contribution >= 4 is 0 Å². The Bertz CT molecular complexity index is 252. The van der Waals surface area contributed by atoms with Gasteiger partial charge in [0.2, 0.25) is 0 Å². The van der Waals surface area contributed by atoms with Crippen molar-refractivity contribution in [1.82, 2.24) is 0 Å². The Hall–Kier alpha value is -0.240. The number of fused-ring (bicyclic) bond motifs is 1. The van der Waals surface area contributed by atoms with Crippen LogP contribution in [0.25, 0.3) is 0 Å². The molecule has 0 radical (unpaired) electrons. The summed E-state index contributed by atoms with van der Waals surface area (Å²) in [6.45, 7) is 3.30. The minimum absolute atomic E-state index is 0.221. The quantitative estimate of drug-likeness (QED) is 0.668. The zero-order valence-electron chi connectivity index (χ0n) is 9.62. The summed E-state index contributed by atoms with van der Waals surface area (Å²) >= 11 is 0. The van der Waals surface area contributed by atoms with Crippen molar-refractivity contribution in [2.75, 3.05) is 13.7 Å². The third kappa shape index (κ3) is 1.97. The van der Waals surface area contributed by atoms with Gasteiger partial charge in [-0.25, -0.2) is 0 Å². The van der Waals surface area contributed by atoms with E-state index in [0.29, 0.717) is 0 Å². The highest BCUT2D eigenvalue weighted by atomic mass is 16.8. The molecule has 0 bridgehead atoms. The van der Waals surface area contributed by atoms with Crippen LogP contribution in [0.4, 0.5) is 0 Å². The van der Waals surface area contributed by atoms with Crippen molar-refractivity contribution in [3.05, 3.63) is 0 Å². The Balaban J connectivity index is 2.04. The number of rotatable bonds is 3. The summed E-state index contributed by atoms with van der Waals surface area (Å²) in [7, 11) is 1.46. The predicted molar refractivity (Wildman–Crippen MR) is 52.6 cm³/mol. The van der Waals surface area contributed by atoms with E-state index in [-0.39, 0.29) is 6.61 Å². The largest absolute Gasteiger partial charge is 0.394 e. The molecule has 2 saturated heterocycles. The Morgan fingerprint density at radius 2 is 2.06 bits per heavy atom. The number of hydrogen-bond acceptors (Lipinski definition) is 6. The number of methoxy groups -OCH3 is 1. The van der Waals surface area contributed by atoms with Gasteiger partial charge in [-0.2, -0.15) is 0 Å². The van der Waals surface area contributed by atoms with Crippen molar-refractivity contribution < 1.29 is 29.2 Å². The second kappa shape index (κ2) is 4.21. The topological polar surface area (TPSA) is 77.4 Å². The van der Waals surface area contributed by atoms with Crippen molar-refractivity contribution in [3.8, 4) is 0 Å². The molecule has 6 nitrogen and oxygen atoms in total. The molecule has 2 aliphatic heterocycles. The van der Waals surface area contributed by atoms with Gasteiger partial charge >= 0.3 is 0 Å². The predicted octanol–water partition coefficient (Wildman–Crippen LogP) is -0.769. The van der Waals surface area contributed by atoms with E-state index in [9.17, 15) is 5.11 Å². The molecule has 94 valence electrons. The Kier molecular flexibility index (Phi) is 3.22. The maximum absolute atomic E-state index is 10.0. The number of aliphatic hydroxyl groups excluding tert-OH is 2. The van der Waals surface area contributed by atoms with Gasteiger partial charge < -0.3 is 29.2 Å². The maximum atomic E-state index is 10.0. The lowest BCUT2D eigenvalue weighted by Crippen LogP contribution is -2.43. The monoisotopic (exact) mass is 234 g/mol. The molecule has 2 aliphatic rings. The minimum atomic E-state index is -0.858. The maximum Gasteiger partial charge on any atom is 0.190 e. The summed E-state index contributed by atoms with van der Waals surface area (Å²) < 4.78 is 21.5. The molecule has 0 aliphatic carbocycles. The Morgan fingerprint density at radius 3 is 2.56 bits per heavy atom. The van der Waals surface area contributed by atoms with Crippen LogP contribution in [0.2, 0.25) is 0 Å². The van der Waals surface area contributed by atoms with Gasteiger partial charge in [0.1, 0.15) is 24.4 Å². The Labute approximate surface area is 94.1 Å². The van der Waals surface area contributed by atoms with Gasteiger partial charge in [0, 0.05) is 7.11 Å². The summed E-state index contributed by atoms with van der Waals surface area (Å²) in [5, 5.41) is 19.1. The van der Waals surface area contributed by atoms with Crippen LogP contribution in [-0.2, 0) is 18.9 Å². The zero-order valence-corrected chi connectivity index (χ0v) is 9.62. The van der Waals surface area contributed by atoms with Gasteiger partial charge in [-0.3, -0.25) is 0 Å². The van der Waals surface area contributed by atoms with Crippen molar-refractivity contribution in [1.29, 1.82) is 0 Å². The molecular formula is C10H18O6. The molecule has 6 heteroatoms. The lowest BCUT2D eigenvalue weighted by Gasteiger charge is -2.26. The second-order valence-corrected chi connectivity index (χ2v) is 4.52. The second-order valence-electron chi connectivity index (χ2n) is 4.52. The first-order chi connectivity index (χ1) is 7.48. The number of hydrogen-bond donors (Lipinski definition) is 2. The van der Waals surface area contributed by atoms with Crippen LogP contribution in [0.15, 0.2) is 0 Å². The third-order valence-electron chi connectivity index (χ3n) is 2.90. The first kappa shape index (κ1) is 12.2. The van der Waals surface area contributed by atoms with Crippen LogP contribution in [0.1, 0.15) is 13.8 Å². The molecule has 0 saturated carbocycles. The van der Waals surface area contributed by atoms with Crippen molar-refractivity contribution in [2.45, 2.75) is 50.3 Å².